The maximum absolute atomic E-state index is 14.7. The minimum absolute atomic E-state index is 0.143. The van der Waals surface area contributed by atoms with E-state index < -0.39 is 23.7 Å². The second-order valence-corrected chi connectivity index (χ2v) is 7.40. The summed E-state index contributed by atoms with van der Waals surface area (Å²) in [5.41, 5.74) is 0.671. The maximum Gasteiger partial charge on any atom is 0.336 e. The van der Waals surface area contributed by atoms with E-state index in [1.54, 1.807) is 18.2 Å². The third-order valence-corrected chi connectivity index (χ3v) is 5.46. The van der Waals surface area contributed by atoms with E-state index in [1.807, 2.05) is 4.90 Å². The predicted molar refractivity (Wildman–Crippen MR) is 116 cm³/mol. The molecule has 2 aliphatic rings. The Bertz CT molecular complexity index is 1120. The fourth-order valence-electron chi connectivity index (χ4n) is 3.84. The minimum atomic E-state index is -0.906. The van der Waals surface area contributed by atoms with Crippen molar-refractivity contribution in [3.63, 3.8) is 0 Å². The molecule has 0 unspecified atom stereocenters. The van der Waals surface area contributed by atoms with Gasteiger partial charge in [0.1, 0.15) is 22.9 Å². The first-order valence-electron chi connectivity index (χ1n) is 10.1. The standard InChI is InChI=1S/C23H22FN3O5/c1-31-15-6-8-19(20(13-15)32-2)27-22(29)16(21(28)25-23(27)30)11-14-5-7-18(17(24)12-14)26-9-3-4-10-26/h5-8,11-13H,3-4,9-10H2,1-2H3,(H,25,28,30)/b16-11+. The zero-order valence-electron chi connectivity index (χ0n) is 17.7. The van der Waals surface area contributed by atoms with Crippen LogP contribution in [-0.4, -0.2) is 45.2 Å². The SMILES string of the molecule is COc1ccc(N2C(=O)NC(=O)/C(=C\c3ccc(N4CCCC4)c(F)c3)C2=O)c(OC)c1. The molecule has 4 amide bonds. The van der Waals surface area contributed by atoms with Crippen LogP contribution in [0.25, 0.3) is 6.08 Å². The first-order chi connectivity index (χ1) is 15.4. The number of nitrogens with zero attached hydrogens (tertiary/aromatic N) is 2. The smallest absolute Gasteiger partial charge is 0.336 e. The molecule has 9 heteroatoms. The molecule has 0 radical (unpaired) electrons. The number of carbonyl (C=O) groups excluding carboxylic acids is 3. The van der Waals surface area contributed by atoms with Crippen molar-refractivity contribution < 1.29 is 28.2 Å². The Labute approximate surface area is 184 Å². The lowest BCUT2D eigenvalue weighted by Gasteiger charge is -2.27. The summed E-state index contributed by atoms with van der Waals surface area (Å²) >= 11 is 0. The molecule has 4 rings (SSSR count). The van der Waals surface area contributed by atoms with Crippen molar-refractivity contribution in [3.8, 4) is 11.5 Å². The van der Waals surface area contributed by atoms with Crippen LogP contribution in [0.3, 0.4) is 0 Å². The van der Waals surface area contributed by atoms with Crippen LogP contribution >= 0.6 is 0 Å². The topological polar surface area (TPSA) is 88.2 Å². The number of hydrogen-bond donors (Lipinski definition) is 1. The quantitative estimate of drug-likeness (QED) is 0.569. The molecule has 1 N–H and O–H groups in total. The summed E-state index contributed by atoms with van der Waals surface area (Å²) in [6.07, 6.45) is 3.29. The fraction of sp³-hybridized carbons (Fsp3) is 0.261. The monoisotopic (exact) mass is 439 g/mol. The Morgan fingerprint density at radius 2 is 1.69 bits per heavy atom. The third-order valence-electron chi connectivity index (χ3n) is 5.46. The lowest BCUT2D eigenvalue weighted by Crippen LogP contribution is -2.54. The van der Waals surface area contributed by atoms with E-state index in [4.69, 9.17) is 9.47 Å². The molecule has 0 saturated carbocycles. The Balaban J connectivity index is 1.68. The van der Waals surface area contributed by atoms with Crippen LogP contribution < -0.4 is 24.6 Å². The van der Waals surface area contributed by atoms with Gasteiger partial charge in [0.2, 0.25) is 0 Å². The van der Waals surface area contributed by atoms with Crippen LogP contribution in [-0.2, 0) is 9.59 Å². The summed E-state index contributed by atoms with van der Waals surface area (Å²) in [6.45, 7) is 1.58. The molecule has 0 aromatic heterocycles. The molecule has 166 valence electrons. The molecule has 2 aromatic rings. The zero-order chi connectivity index (χ0) is 22.8. The van der Waals surface area contributed by atoms with Crippen LogP contribution in [0.5, 0.6) is 11.5 Å². The van der Waals surface area contributed by atoms with Gasteiger partial charge in [0.15, 0.2) is 0 Å². The van der Waals surface area contributed by atoms with Crippen LogP contribution in [0.4, 0.5) is 20.6 Å². The molecule has 2 fully saturated rings. The van der Waals surface area contributed by atoms with Gasteiger partial charge in [-0.25, -0.2) is 14.1 Å². The molecule has 2 aromatic carbocycles. The molecule has 0 bridgehead atoms. The number of carbonyl (C=O) groups is 3. The summed E-state index contributed by atoms with van der Waals surface area (Å²) in [5.74, 6) is -1.45. The highest BCUT2D eigenvalue weighted by Crippen LogP contribution is 2.34. The van der Waals surface area contributed by atoms with Gasteiger partial charge >= 0.3 is 6.03 Å². The van der Waals surface area contributed by atoms with Gasteiger partial charge in [0, 0.05) is 19.2 Å². The number of ether oxygens (including phenoxy) is 2. The van der Waals surface area contributed by atoms with Gasteiger partial charge in [-0.1, -0.05) is 6.07 Å². The van der Waals surface area contributed by atoms with Crippen LogP contribution in [0.15, 0.2) is 42.0 Å². The van der Waals surface area contributed by atoms with E-state index in [0.29, 0.717) is 17.0 Å². The summed E-state index contributed by atoms with van der Waals surface area (Å²) in [5, 5.41) is 2.15. The first kappa shape index (κ1) is 21.4. The summed E-state index contributed by atoms with van der Waals surface area (Å²) < 4.78 is 25.1. The van der Waals surface area contributed by atoms with Gasteiger partial charge in [0.25, 0.3) is 11.8 Å². The second-order valence-electron chi connectivity index (χ2n) is 7.40. The lowest BCUT2D eigenvalue weighted by molar-refractivity contribution is -0.122. The van der Waals surface area contributed by atoms with Crippen LogP contribution in [0, 0.1) is 5.82 Å². The normalized spacial score (nSPS) is 17.7. The largest absolute Gasteiger partial charge is 0.497 e. The van der Waals surface area contributed by atoms with E-state index in [1.165, 1.54) is 38.5 Å². The van der Waals surface area contributed by atoms with Crippen molar-refractivity contribution in [2.45, 2.75) is 12.8 Å². The number of anilines is 2. The number of hydrogen-bond acceptors (Lipinski definition) is 6. The van der Waals surface area contributed by atoms with Gasteiger partial charge in [-0.2, -0.15) is 0 Å². The predicted octanol–water partition coefficient (Wildman–Crippen LogP) is 3.11. The van der Waals surface area contributed by atoms with E-state index in [-0.39, 0.29) is 17.0 Å². The summed E-state index contributed by atoms with van der Waals surface area (Å²) in [6, 6.07) is 8.19. The van der Waals surface area contributed by atoms with Crippen molar-refractivity contribution in [2.24, 2.45) is 0 Å². The van der Waals surface area contributed by atoms with E-state index in [2.05, 4.69) is 5.32 Å². The number of barbiturate groups is 1. The Hall–Kier alpha value is -3.88. The fourth-order valence-corrected chi connectivity index (χ4v) is 3.84. The number of benzene rings is 2. The zero-order valence-corrected chi connectivity index (χ0v) is 17.7. The van der Waals surface area contributed by atoms with Gasteiger partial charge in [-0.3, -0.25) is 14.9 Å². The van der Waals surface area contributed by atoms with Gasteiger partial charge < -0.3 is 14.4 Å². The first-order valence-corrected chi connectivity index (χ1v) is 10.1. The average Bonchev–Trinajstić information content (AvgIpc) is 3.31. The third kappa shape index (κ3) is 3.89. The number of urea groups is 1. The number of nitrogens with one attached hydrogen (secondary N) is 1. The molecule has 8 nitrogen and oxygen atoms in total. The number of rotatable bonds is 5. The molecule has 0 spiro atoms. The van der Waals surface area contributed by atoms with Crippen LogP contribution in [0.1, 0.15) is 18.4 Å². The summed E-state index contributed by atoms with van der Waals surface area (Å²) in [7, 11) is 2.86. The Morgan fingerprint density at radius 3 is 2.34 bits per heavy atom. The molecule has 0 atom stereocenters. The van der Waals surface area contributed by atoms with Gasteiger partial charge in [-0.15, -0.1) is 0 Å². The number of imide groups is 2. The lowest BCUT2D eigenvalue weighted by atomic mass is 10.1. The molecule has 2 aliphatic heterocycles. The molecule has 0 aliphatic carbocycles. The molecule has 32 heavy (non-hydrogen) atoms. The highest BCUT2D eigenvalue weighted by molar-refractivity contribution is 6.39. The van der Waals surface area contributed by atoms with E-state index in [0.717, 1.165) is 30.8 Å². The second kappa shape index (κ2) is 8.70. The molecule has 2 saturated heterocycles. The van der Waals surface area contributed by atoms with E-state index in [9.17, 15) is 18.8 Å². The summed E-state index contributed by atoms with van der Waals surface area (Å²) in [4.78, 5) is 40.8. The van der Waals surface area contributed by atoms with E-state index >= 15 is 0 Å². The highest BCUT2D eigenvalue weighted by atomic mass is 19.1. The molecular weight excluding hydrogens is 417 g/mol. The molecule has 2 heterocycles. The Morgan fingerprint density at radius 1 is 0.969 bits per heavy atom. The van der Waals surface area contributed by atoms with Crippen molar-refractivity contribution >= 4 is 35.3 Å². The maximum atomic E-state index is 14.7. The highest BCUT2D eigenvalue weighted by Gasteiger charge is 2.38. The van der Waals surface area contributed by atoms with Gasteiger partial charge in [0.05, 0.1) is 25.6 Å². The van der Waals surface area contributed by atoms with Crippen molar-refractivity contribution in [2.75, 3.05) is 37.1 Å². The van der Waals surface area contributed by atoms with Gasteiger partial charge in [-0.05, 0) is 48.7 Å². The average molecular weight is 439 g/mol. The number of amides is 4. The number of halogens is 1. The van der Waals surface area contributed by atoms with Crippen molar-refractivity contribution in [3.05, 3.63) is 53.4 Å². The van der Waals surface area contributed by atoms with Crippen molar-refractivity contribution in [1.29, 1.82) is 0 Å². The van der Waals surface area contributed by atoms with Crippen molar-refractivity contribution in [1.82, 2.24) is 5.32 Å². The minimum Gasteiger partial charge on any atom is -0.497 e. The Kier molecular flexibility index (Phi) is 5.81. The molecular formula is C23H22FN3O5. The number of methoxy groups -OCH3 is 2. The van der Waals surface area contributed by atoms with Crippen LogP contribution in [0.2, 0.25) is 0 Å².